The summed E-state index contributed by atoms with van der Waals surface area (Å²) in [6.45, 7) is 7.64. The molecule has 4 rings (SSSR count). The van der Waals surface area contributed by atoms with Gasteiger partial charge in [0.05, 0.1) is 19.8 Å². The minimum Gasteiger partial charge on any atom is -0.455 e. The zero-order valence-corrected chi connectivity index (χ0v) is 20.7. The van der Waals surface area contributed by atoms with E-state index in [1.54, 1.807) is 19.1 Å². The fourth-order valence-electron chi connectivity index (χ4n) is 4.69. The van der Waals surface area contributed by atoms with Crippen LogP contribution in [0.25, 0.3) is 33.4 Å². The highest BCUT2D eigenvalue weighted by atomic mass is 17.2. The molecule has 0 unspecified atom stereocenters. The maximum absolute atomic E-state index is 13.0. The van der Waals surface area contributed by atoms with Gasteiger partial charge in [0.2, 0.25) is 0 Å². The fourth-order valence-corrected chi connectivity index (χ4v) is 4.69. The first-order valence-corrected chi connectivity index (χ1v) is 11.5. The van der Waals surface area contributed by atoms with E-state index in [2.05, 4.69) is 4.89 Å². The lowest BCUT2D eigenvalue weighted by Gasteiger charge is -2.22. The van der Waals surface area contributed by atoms with Crippen molar-refractivity contribution < 1.29 is 28.8 Å². The standard InChI is InChI=1S/C28H28O7/c1-7-17-24(29)15(3)13-21-23(19-11-9-10-12-20(19)28(30)35-32-6)22-14-16(4)25(34-31-5)18(8-2)27(22)33-26(17)21/h9-14H,7-8H2,1-6H3. The van der Waals surface area contributed by atoms with E-state index in [4.69, 9.17) is 19.1 Å². The average molecular weight is 477 g/mol. The first-order valence-electron chi connectivity index (χ1n) is 11.5. The molecule has 0 aromatic heterocycles. The van der Waals surface area contributed by atoms with Gasteiger partial charge in [0, 0.05) is 27.6 Å². The molecule has 0 bridgehead atoms. The van der Waals surface area contributed by atoms with E-state index in [-0.39, 0.29) is 5.43 Å². The molecular weight excluding hydrogens is 448 g/mol. The minimum atomic E-state index is -0.621. The molecule has 0 amide bonds. The van der Waals surface area contributed by atoms with Gasteiger partial charge in [-0.25, -0.2) is 4.79 Å². The second-order valence-corrected chi connectivity index (χ2v) is 8.27. The molecule has 7 heteroatoms. The summed E-state index contributed by atoms with van der Waals surface area (Å²) >= 11 is 0. The van der Waals surface area contributed by atoms with Gasteiger partial charge in [-0.3, -0.25) is 9.68 Å². The molecule has 0 N–H and O–H groups in total. The van der Waals surface area contributed by atoms with Gasteiger partial charge < -0.3 is 9.30 Å². The van der Waals surface area contributed by atoms with Crippen molar-refractivity contribution in [1.29, 1.82) is 0 Å². The van der Waals surface area contributed by atoms with E-state index >= 15 is 0 Å². The SMILES string of the molecule is CCc1c2oc3c(CC)c(OOC)c(C)cc3c(-c3ccccc3C(=O)OOC)c-2cc(C)c1=O. The van der Waals surface area contributed by atoms with Crippen LogP contribution in [-0.2, 0) is 27.5 Å². The summed E-state index contributed by atoms with van der Waals surface area (Å²) in [5, 5.41) is 0.785. The lowest BCUT2D eigenvalue weighted by molar-refractivity contribution is -0.216. The molecule has 2 aliphatic rings. The lowest BCUT2D eigenvalue weighted by atomic mass is 9.86. The number of hydrogen-bond acceptors (Lipinski definition) is 7. The number of carbonyl (C=O) groups excluding carboxylic acids is 1. The van der Waals surface area contributed by atoms with Crippen molar-refractivity contribution in [2.24, 2.45) is 0 Å². The van der Waals surface area contributed by atoms with Crippen molar-refractivity contribution in [3.63, 3.8) is 0 Å². The summed E-state index contributed by atoms with van der Waals surface area (Å²) in [6, 6.07) is 10.9. The Labute approximate surface area is 203 Å². The molecule has 0 saturated heterocycles. The summed E-state index contributed by atoms with van der Waals surface area (Å²) in [5.41, 5.74) is 5.83. The molecular formula is C28H28O7. The van der Waals surface area contributed by atoms with Crippen LogP contribution in [0.2, 0.25) is 0 Å². The summed E-state index contributed by atoms with van der Waals surface area (Å²) in [4.78, 5) is 45.9. The summed E-state index contributed by atoms with van der Waals surface area (Å²) in [5.74, 6) is 0.434. The predicted octanol–water partition coefficient (Wildman–Crippen LogP) is 5.96. The summed E-state index contributed by atoms with van der Waals surface area (Å²) in [6.07, 6.45) is 1.09. The molecule has 0 radical (unpaired) electrons. The molecule has 1 heterocycles. The Morgan fingerprint density at radius 3 is 2.29 bits per heavy atom. The van der Waals surface area contributed by atoms with E-state index in [9.17, 15) is 9.59 Å². The number of fused-ring (bicyclic) bond motifs is 2. The van der Waals surface area contributed by atoms with Crippen molar-refractivity contribution in [3.8, 4) is 28.2 Å². The van der Waals surface area contributed by atoms with Crippen molar-refractivity contribution in [2.75, 3.05) is 14.2 Å². The molecule has 1 aliphatic carbocycles. The van der Waals surface area contributed by atoms with E-state index < -0.39 is 5.97 Å². The van der Waals surface area contributed by atoms with Crippen molar-refractivity contribution in [1.82, 2.24) is 0 Å². The van der Waals surface area contributed by atoms with Gasteiger partial charge in [-0.15, -0.1) is 0 Å². The number of carbonyl (C=O) groups is 1. The molecule has 0 saturated carbocycles. The first kappa shape index (κ1) is 24.4. The quantitative estimate of drug-likeness (QED) is 0.185. The number of aryl methyl sites for hydroxylation is 3. The smallest absolute Gasteiger partial charge is 0.373 e. The molecule has 0 fully saturated rings. The molecule has 7 nitrogen and oxygen atoms in total. The largest absolute Gasteiger partial charge is 0.455 e. The summed E-state index contributed by atoms with van der Waals surface area (Å²) < 4.78 is 6.50. The predicted molar refractivity (Wildman–Crippen MR) is 133 cm³/mol. The van der Waals surface area contributed by atoms with E-state index in [0.29, 0.717) is 52.2 Å². The Hall–Kier alpha value is -3.68. The Morgan fingerprint density at radius 2 is 1.63 bits per heavy atom. The molecule has 1 aliphatic heterocycles. The van der Waals surface area contributed by atoms with Crippen LogP contribution < -0.4 is 10.3 Å². The zero-order valence-electron chi connectivity index (χ0n) is 20.7. The van der Waals surface area contributed by atoms with E-state index in [1.807, 2.05) is 45.0 Å². The number of rotatable bonds is 7. The van der Waals surface area contributed by atoms with Gasteiger partial charge >= 0.3 is 5.97 Å². The Morgan fingerprint density at radius 1 is 0.914 bits per heavy atom. The Kier molecular flexibility index (Phi) is 6.91. The van der Waals surface area contributed by atoms with Gasteiger partial charge in [-0.1, -0.05) is 32.0 Å². The van der Waals surface area contributed by atoms with Crippen LogP contribution in [0, 0.1) is 13.8 Å². The number of benzene rings is 3. The van der Waals surface area contributed by atoms with Gasteiger partial charge in [0.15, 0.2) is 11.2 Å². The van der Waals surface area contributed by atoms with Crippen LogP contribution in [0.15, 0.2) is 45.6 Å². The monoisotopic (exact) mass is 476 g/mol. The van der Waals surface area contributed by atoms with Crippen molar-refractivity contribution in [2.45, 2.75) is 40.5 Å². The minimum absolute atomic E-state index is 0.0559. The van der Waals surface area contributed by atoms with Crippen LogP contribution in [-0.4, -0.2) is 20.2 Å². The molecule has 0 atom stereocenters. The molecule has 182 valence electrons. The Balaban J connectivity index is 2.27. The zero-order chi connectivity index (χ0) is 25.3. The fraction of sp³-hybridized carbons (Fsp3) is 0.286. The third kappa shape index (κ3) is 4.07. The molecule has 2 aromatic rings. The van der Waals surface area contributed by atoms with Gasteiger partial charge in [0.1, 0.15) is 11.3 Å². The molecule has 0 spiro atoms. The third-order valence-electron chi connectivity index (χ3n) is 6.22. The highest BCUT2D eigenvalue weighted by Gasteiger charge is 2.28. The van der Waals surface area contributed by atoms with E-state index in [0.717, 1.165) is 27.6 Å². The van der Waals surface area contributed by atoms with Gasteiger partial charge in [-0.2, -0.15) is 9.78 Å². The van der Waals surface area contributed by atoms with Crippen molar-refractivity contribution >= 4 is 16.9 Å². The van der Waals surface area contributed by atoms with Crippen LogP contribution in [0.4, 0.5) is 0 Å². The van der Waals surface area contributed by atoms with Gasteiger partial charge in [0.25, 0.3) is 0 Å². The van der Waals surface area contributed by atoms with E-state index in [1.165, 1.54) is 14.2 Å². The van der Waals surface area contributed by atoms with Crippen LogP contribution in [0.3, 0.4) is 0 Å². The summed E-state index contributed by atoms with van der Waals surface area (Å²) in [7, 11) is 2.74. The first-order chi connectivity index (χ1) is 16.9. The highest BCUT2D eigenvalue weighted by Crippen LogP contribution is 2.46. The highest BCUT2D eigenvalue weighted by molar-refractivity contribution is 6.09. The second kappa shape index (κ2) is 9.90. The third-order valence-corrected chi connectivity index (χ3v) is 6.22. The maximum Gasteiger partial charge on any atom is 0.373 e. The second-order valence-electron chi connectivity index (χ2n) is 8.27. The normalized spacial score (nSPS) is 11.3. The van der Waals surface area contributed by atoms with Crippen LogP contribution >= 0.6 is 0 Å². The average Bonchev–Trinajstić information content (AvgIpc) is 2.85. The molecule has 2 aromatic carbocycles. The van der Waals surface area contributed by atoms with Crippen LogP contribution in [0.1, 0.15) is 46.5 Å². The Bertz CT molecular complexity index is 1450. The number of hydrogen-bond donors (Lipinski definition) is 0. The van der Waals surface area contributed by atoms with Crippen LogP contribution in [0.5, 0.6) is 5.75 Å². The van der Waals surface area contributed by atoms with Crippen molar-refractivity contribution in [3.05, 3.63) is 74.4 Å². The topological polar surface area (TPSA) is 84.2 Å². The molecule has 35 heavy (non-hydrogen) atoms. The van der Waals surface area contributed by atoms with Gasteiger partial charge in [-0.05, 0) is 61.6 Å². The maximum atomic E-state index is 13.0. The lowest BCUT2D eigenvalue weighted by Crippen LogP contribution is -2.15.